The first-order chi connectivity index (χ1) is 50.6. The third kappa shape index (κ3) is 25.2. The maximum Gasteiger partial charge on any atom is 0.485 e. The van der Waals surface area contributed by atoms with Crippen LogP contribution in [0.4, 0.5) is 100.0 Å². The Morgan fingerprint density at radius 3 is 0.532 bits per heavy atom. The number of rotatable bonds is 14. The van der Waals surface area contributed by atoms with Crippen LogP contribution >= 0.6 is 7.05 Å². The molecular weight excluding hydrogens is 1640 g/mol. The third-order valence-electron chi connectivity index (χ3n) is 14.3. The van der Waals surface area contributed by atoms with Gasteiger partial charge in [-0.05, 0) is 0 Å². The number of benzene rings is 4. The number of nitrogens with zero attached hydrogens (tertiary/aromatic N) is 11. The zero-order chi connectivity index (χ0) is 84.8. The van der Waals surface area contributed by atoms with Crippen LogP contribution in [-0.4, -0.2) is 163 Å². The minimum atomic E-state index is -6.09. The van der Waals surface area contributed by atoms with Gasteiger partial charge in [0.25, 0.3) is 0 Å². The largest absolute Gasteiger partial charge is 0.741 e. The van der Waals surface area contributed by atoms with Gasteiger partial charge >= 0.3 is 56.0 Å². The summed E-state index contributed by atoms with van der Waals surface area (Å²) in [6, 6.07) is 54.6. The van der Waals surface area contributed by atoms with Gasteiger partial charge in [0, 0.05) is 175 Å². The summed E-state index contributed by atoms with van der Waals surface area (Å²) in [5.74, 6) is 0. The van der Waals surface area contributed by atoms with Gasteiger partial charge in [0.05, 0.1) is 7.05 Å². The number of anilines is 5. The summed E-state index contributed by atoms with van der Waals surface area (Å²) < 4.78 is 312. The van der Waals surface area contributed by atoms with Crippen molar-refractivity contribution in [3.8, 4) is 28.4 Å². The number of hydrogen-bond acceptors (Lipinski definition) is 21. The molecule has 9 rings (SSSR count). The zero-order valence-corrected chi connectivity index (χ0v) is 63.9. The van der Waals surface area contributed by atoms with Crippen molar-refractivity contribution in [3.05, 3.63) is 214 Å². The first-order valence-corrected chi connectivity index (χ1v) is 39.0. The molecule has 0 unspecified atom stereocenters. The molecule has 47 heteroatoms. The molecule has 0 saturated heterocycles. The molecule has 0 aliphatic rings. The monoisotopic (exact) mass is 1700 g/mol. The second kappa shape index (κ2) is 36.7. The summed E-state index contributed by atoms with van der Waals surface area (Å²) in [5, 5.41) is 3.42. The Morgan fingerprint density at radius 1 is 0.261 bits per heavy atom. The Hall–Kier alpha value is -9.64. The van der Waals surface area contributed by atoms with E-state index in [0.717, 1.165) is 78.5 Å². The van der Waals surface area contributed by atoms with Crippen LogP contribution in [0.2, 0.25) is 0 Å². The predicted molar refractivity (Wildman–Crippen MR) is 372 cm³/mol. The lowest BCUT2D eigenvalue weighted by Crippen LogP contribution is -2.50. The van der Waals surface area contributed by atoms with Gasteiger partial charge in [-0.3, -0.25) is 0 Å². The van der Waals surface area contributed by atoms with Crippen molar-refractivity contribution in [2.45, 2.75) is 27.5 Å². The van der Waals surface area contributed by atoms with Crippen molar-refractivity contribution in [2.24, 2.45) is 4.74 Å². The summed E-state index contributed by atoms with van der Waals surface area (Å²) in [5.41, 5.74) is -17.4. The molecule has 606 valence electrons. The molecule has 0 aliphatic carbocycles. The molecule has 0 bridgehead atoms. The Bertz CT molecular complexity index is 4790. The molecule has 4 aromatic carbocycles. The average molecular weight is 1700 g/mol. The first-order valence-electron chi connectivity index (χ1n) is 30.2. The number of aromatic nitrogens is 5. The van der Waals surface area contributed by atoms with Gasteiger partial charge in [-0.1, -0.05) is 91.0 Å². The molecule has 111 heavy (non-hydrogen) atoms. The van der Waals surface area contributed by atoms with Crippen LogP contribution in [0.1, 0.15) is 0 Å². The normalized spacial score (nSPS) is 12.2. The molecule has 0 amide bonds. The smallest absolute Gasteiger partial charge is 0.485 e. The highest BCUT2D eigenvalue weighted by Crippen LogP contribution is 2.52. The van der Waals surface area contributed by atoms with E-state index in [0.29, 0.717) is 0 Å². The van der Waals surface area contributed by atoms with Crippen molar-refractivity contribution in [2.75, 3.05) is 95.0 Å². The number of pyridine rings is 5. The summed E-state index contributed by atoms with van der Waals surface area (Å²) in [4.78, 5) is 10.7. The van der Waals surface area contributed by atoms with E-state index in [-0.39, 0.29) is 0 Å². The van der Waals surface area contributed by atoms with E-state index >= 15 is 0 Å². The molecule has 0 atom stereocenters. The molecule has 5 heterocycles. The lowest BCUT2D eigenvalue weighted by Gasteiger charge is -2.27. The molecule has 0 saturated carbocycles. The van der Waals surface area contributed by atoms with E-state index < -0.39 is 85.2 Å². The Kier molecular flexibility index (Phi) is 31.0. The van der Waals surface area contributed by atoms with Gasteiger partial charge < -0.3 is 47.3 Å². The molecular formula is C64H65F15N11O15PS5. The van der Waals surface area contributed by atoms with Crippen LogP contribution in [0.5, 0.6) is 0 Å². The molecule has 0 radical (unpaired) electrons. The van der Waals surface area contributed by atoms with E-state index in [4.69, 9.17) is 69.6 Å². The molecule has 0 N–H and O–H groups in total. The summed E-state index contributed by atoms with van der Waals surface area (Å²) in [7, 11) is -12.6. The average Bonchev–Trinajstić information content (AvgIpc) is 0.709. The van der Waals surface area contributed by atoms with Gasteiger partial charge in [0.1, 0.15) is 0 Å². The topological polar surface area (TPSA) is 334 Å². The second-order valence-corrected chi connectivity index (χ2v) is 33.0. The fourth-order valence-electron chi connectivity index (χ4n) is 9.02. The molecule has 26 nitrogen and oxygen atoms in total. The lowest BCUT2D eigenvalue weighted by molar-refractivity contribution is -0.669. The van der Waals surface area contributed by atoms with Crippen molar-refractivity contribution in [1.82, 2.24) is 0 Å². The standard InChI is InChI=1S/C59H65N11P.5CHF3O3S/c1-61(2)46-26-36-66(37-27-46)55-54(60-71(51-20-14-11-15-21-51,52-22-16-12-17-23-52)53-24-18-13-19-25-53)56(67-38-28-47(29-39-67)62(3)4)58(69-42-32-49(33-43-69)64(7)8)59(70-44-34-50(35-45-70)65(9)10)57(55)68-40-30-48(31-41-68)63(5)6;5*2-1(3,4)8(5,6)7/h11-45H,1-10H3;5*(H,5,6,7)/q+5;;;;;/p-5. The summed E-state index contributed by atoms with van der Waals surface area (Å²) in [6.07, 6.45) is 21.8. The number of alkyl halides is 15. The van der Waals surface area contributed by atoms with E-state index in [1.165, 1.54) is 0 Å². The van der Waals surface area contributed by atoms with Crippen molar-refractivity contribution >= 4 is 108 Å². The fraction of sp³-hybridized carbons (Fsp3) is 0.234. The fourth-order valence-corrected chi connectivity index (χ4v) is 12.6. The summed E-state index contributed by atoms with van der Waals surface area (Å²) >= 11 is 0. The molecule has 0 spiro atoms. The first kappa shape index (κ1) is 93.7. The molecule has 9 aromatic rings. The summed E-state index contributed by atoms with van der Waals surface area (Å²) in [6.45, 7) is 0. The van der Waals surface area contributed by atoms with Gasteiger partial charge in [-0.15, -0.1) is 0 Å². The minimum absolute atomic E-state index is 0.813. The second-order valence-electron chi connectivity index (χ2n) is 23.1. The Labute approximate surface area is 627 Å². The van der Waals surface area contributed by atoms with Crippen molar-refractivity contribution < 1.29 is 154 Å². The maximum atomic E-state index is 10.7. The van der Waals surface area contributed by atoms with Crippen LogP contribution in [0.25, 0.3) is 28.4 Å². The minimum Gasteiger partial charge on any atom is -0.741 e. The molecule has 0 aliphatic heterocycles. The Morgan fingerprint density at radius 2 is 0.396 bits per heavy atom. The van der Waals surface area contributed by atoms with Gasteiger partial charge in [-0.2, -0.15) is 88.7 Å². The van der Waals surface area contributed by atoms with Crippen LogP contribution < -0.4 is 63.2 Å². The molecule has 5 aromatic heterocycles. The SMILES string of the molecule is CN(C)c1cc[n+](-c2c(N=P(c3ccccc3)(c3ccccc3)c3ccccc3)c(-[n+]3ccc(N(C)C)cc3)c(-[n+]3ccc(N(C)C)cc3)c(-[n+]3ccc(N(C)C)cc3)c2-[n+]2ccc(N(C)C)cc2)cc1.O=S(=O)([O-])C(F)(F)F.O=S(=O)([O-])C(F)(F)F.O=S(=O)([O-])C(F)(F)F.O=S(=O)([O-])C(F)(F)F.O=S(=O)([O-])C(F)(F)F. The maximum absolute atomic E-state index is 10.7. The quantitative estimate of drug-likeness (QED) is 0.0335. The van der Waals surface area contributed by atoms with Crippen LogP contribution in [-0.2, 0) is 50.6 Å². The molecule has 0 fully saturated rings. The van der Waals surface area contributed by atoms with E-state index in [9.17, 15) is 65.9 Å². The van der Waals surface area contributed by atoms with E-state index in [1.54, 1.807) is 0 Å². The van der Waals surface area contributed by atoms with Crippen LogP contribution in [0.3, 0.4) is 0 Å². The van der Waals surface area contributed by atoms with Crippen LogP contribution in [0, 0.1) is 0 Å². The van der Waals surface area contributed by atoms with E-state index in [1.807, 2.05) is 0 Å². The van der Waals surface area contributed by atoms with Crippen molar-refractivity contribution in [3.63, 3.8) is 0 Å². The van der Waals surface area contributed by atoms with Crippen LogP contribution in [0.15, 0.2) is 218 Å². The highest BCUT2D eigenvalue weighted by Gasteiger charge is 2.51. The lowest BCUT2D eigenvalue weighted by atomic mass is 10.1. The van der Waals surface area contributed by atoms with Gasteiger partial charge in [0.15, 0.2) is 113 Å². The van der Waals surface area contributed by atoms with Gasteiger partial charge in [-0.25, -0.2) is 46.8 Å². The Balaban J connectivity index is 0.000000528. The number of hydrogen-bond donors (Lipinski definition) is 0. The number of halogens is 15. The van der Waals surface area contributed by atoms with Gasteiger partial charge in [0.2, 0.25) is 5.69 Å². The predicted octanol–water partition coefficient (Wildman–Crippen LogP) is 7.47. The third-order valence-corrected chi connectivity index (χ3v) is 20.8. The van der Waals surface area contributed by atoms with Crippen molar-refractivity contribution in [1.29, 1.82) is 0 Å². The highest BCUT2D eigenvalue weighted by molar-refractivity contribution is 7.88. The highest BCUT2D eigenvalue weighted by atomic mass is 32.2. The zero-order valence-electron chi connectivity index (χ0n) is 58.9. The van der Waals surface area contributed by atoms with E-state index in [2.05, 4.69) is 331 Å².